The summed E-state index contributed by atoms with van der Waals surface area (Å²) < 4.78 is 2.15. The van der Waals surface area contributed by atoms with Crippen molar-refractivity contribution in [3.05, 3.63) is 34.7 Å². The van der Waals surface area contributed by atoms with E-state index in [1.54, 1.807) is 0 Å². The van der Waals surface area contributed by atoms with Crippen molar-refractivity contribution in [1.29, 1.82) is 0 Å². The maximum Gasteiger partial charge on any atom is 0.137 e. The maximum atomic E-state index is 6.01. The molecule has 0 N–H and O–H groups in total. The molecule has 1 aliphatic rings. The molecule has 78 valence electrons. The number of fused-ring (bicyclic) bond motifs is 3. The Balaban J connectivity index is 2.31. The summed E-state index contributed by atoms with van der Waals surface area (Å²) in [5, 5.41) is 0.779. The van der Waals surface area contributed by atoms with Gasteiger partial charge in [0.05, 0.1) is 10.7 Å². The molecule has 2 nitrogen and oxygen atoms in total. The van der Waals surface area contributed by atoms with Crippen LogP contribution < -0.4 is 0 Å². The van der Waals surface area contributed by atoms with Gasteiger partial charge in [0.1, 0.15) is 5.65 Å². The largest absolute Gasteiger partial charge is 0.302 e. The van der Waals surface area contributed by atoms with Gasteiger partial charge < -0.3 is 4.40 Å². The molecule has 3 rings (SSSR count). The highest BCUT2D eigenvalue weighted by Crippen LogP contribution is 2.31. The predicted molar refractivity (Wildman–Crippen MR) is 61.6 cm³/mol. The molecule has 3 heteroatoms. The number of aromatic nitrogens is 2. The van der Waals surface area contributed by atoms with Gasteiger partial charge in [0.2, 0.25) is 0 Å². The molecule has 0 bridgehead atoms. The van der Waals surface area contributed by atoms with Crippen molar-refractivity contribution in [2.75, 3.05) is 0 Å². The quantitative estimate of drug-likeness (QED) is 0.665. The van der Waals surface area contributed by atoms with E-state index >= 15 is 0 Å². The highest BCUT2D eigenvalue weighted by molar-refractivity contribution is 6.30. The molecule has 1 aliphatic carbocycles. The Kier molecular flexibility index (Phi) is 1.99. The zero-order valence-electron chi connectivity index (χ0n) is 8.70. The Morgan fingerprint density at radius 2 is 2.33 bits per heavy atom. The molecule has 0 radical (unpaired) electrons. The number of aryl methyl sites for hydroxylation is 1. The van der Waals surface area contributed by atoms with Gasteiger partial charge in [-0.15, -0.1) is 0 Å². The predicted octanol–water partition coefficient (Wildman–Crippen LogP) is 3.43. The first-order valence-corrected chi connectivity index (χ1v) is 5.80. The van der Waals surface area contributed by atoms with E-state index in [1.807, 2.05) is 18.3 Å². The first-order valence-electron chi connectivity index (χ1n) is 5.42. The number of hydrogen-bond donors (Lipinski definition) is 0. The third-order valence-electron chi connectivity index (χ3n) is 3.23. The van der Waals surface area contributed by atoms with Crippen LogP contribution >= 0.6 is 11.6 Å². The highest BCUT2D eigenvalue weighted by Gasteiger charge is 2.21. The van der Waals surface area contributed by atoms with Gasteiger partial charge in [-0.05, 0) is 31.4 Å². The van der Waals surface area contributed by atoms with Crippen LogP contribution in [0.5, 0.6) is 0 Å². The Bertz CT molecular complexity index is 516. The van der Waals surface area contributed by atoms with Crippen LogP contribution in [0.2, 0.25) is 5.02 Å². The van der Waals surface area contributed by atoms with Crippen molar-refractivity contribution in [2.24, 2.45) is 0 Å². The van der Waals surface area contributed by atoms with Crippen LogP contribution in [0.3, 0.4) is 0 Å². The molecule has 2 aromatic rings. The fraction of sp³-hybridized carbons (Fsp3) is 0.417. The SMILES string of the molecule is CC1CCCc2c1nc1ccc(Cl)cn21. The minimum atomic E-state index is 0.590. The zero-order valence-corrected chi connectivity index (χ0v) is 9.46. The molecule has 2 heterocycles. The molecular weight excluding hydrogens is 208 g/mol. The van der Waals surface area contributed by atoms with E-state index in [1.165, 1.54) is 24.2 Å². The summed E-state index contributed by atoms with van der Waals surface area (Å²) in [6, 6.07) is 3.90. The number of halogens is 1. The van der Waals surface area contributed by atoms with Crippen LogP contribution in [0.4, 0.5) is 0 Å². The minimum Gasteiger partial charge on any atom is -0.302 e. The fourth-order valence-electron chi connectivity index (χ4n) is 2.44. The smallest absolute Gasteiger partial charge is 0.137 e. The van der Waals surface area contributed by atoms with Gasteiger partial charge in [0.25, 0.3) is 0 Å². The van der Waals surface area contributed by atoms with Crippen LogP contribution in [0.1, 0.15) is 37.1 Å². The normalized spacial score (nSPS) is 20.5. The lowest BCUT2D eigenvalue weighted by atomic mass is 9.91. The van der Waals surface area contributed by atoms with Crippen molar-refractivity contribution < 1.29 is 0 Å². The van der Waals surface area contributed by atoms with E-state index in [0.29, 0.717) is 5.92 Å². The van der Waals surface area contributed by atoms with E-state index in [9.17, 15) is 0 Å². The molecule has 1 atom stereocenters. The van der Waals surface area contributed by atoms with Crippen LogP contribution in [-0.4, -0.2) is 9.38 Å². The van der Waals surface area contributed by atoms with E-state index in [2.05, 4.69) is 16.3 Å². The Morgan fingerprint density at radius 1 is 1.47 bits per heavy atom. The van der Waals surface area contributed by atoms with Gasteiger partial charge in [-0.2, -0.15) is 0 Å². The van der Waals surface area contributed by atoms with Crippen molar-refractivity contribution in [3.8, 4) is 0 Å². The van der Waals surface area contributed by atoms with Crippen molar-refractivity contribution in [1.82, 2.24) is 9.38 Å². The van der Waals surface area contributed by atoms with Gasteiger partial charge in [-0.3, -0.25) is 0 Å². The van der Waals surface area contributed by atoms with Gasteiger partial charge in [-0.25, -0.2) is 4.98 Å². The molecule has 15 heavy (non-hydrogen) atoms. The summed E-state index contributed by atoms with van der Waals surface area (Å²) in [5.74, 6) is 0.590. The second-order valence-electron chi connectivity index (χ2n) is 4.31. The van der Waals surface area contributed by atoms with E-state index < -0.39 is 0 Å². The highest BCUT2D eigenvalue weighted by atomic mass is 35.5. The molecule has 0 saturated carbocycles. The summed E-state index contributed by atoms with van der Waals surface area (Å²) in [6.45, 7) is 2.26. The molecule has 1 unspecified atom stereocenters. The number of hydrogen-bond acceptors (Lipinski definition) is 1. The Hall–Kier alpha value is -1.02. The van der Waals surface area contributed by atoms with Gasteiger partial charge >= 0.3 is 0 Å². The lowest BCUT2D eigenvalue weighted by Crippen LogP contribution is -2.07. The molecule has 0 spiro atoms. The molecule has 0 aromatic carbocycles. The summed E-state index contributed by atoms with van der Waals surface area (Å²) in [5.41, 5.74) is 3.65. The van der Waals surface area contributed by atoms with Crippen molar-refractivity contribution >= 4 is 17.2 Å². The van der Waals surface area contributed by atoms with E-state index in [-0.39, 0.29) is 0 Å². The standard InChI is InChI=1S/C12H13ClN2/c1-8-3-2-4-10-12(8)14-11-6-5-9(13)7-15(10)11/h5-8H,2-4H2,1H3. The van der Waals surface area contributed by atoms with Crippen LogP contribution in [0.25, 0.3) is 5.65 Å². The molecular formula is C12H13ClN2. The van der Waals surface area contributed by atoms with Crippen LogP contribution in [0.15, 0.2) is 18.3 Å². The van der Waals surface area contributed by atoms with Crippen molar-refractivity contribution in [3.63, 3.8) is 0 Å². The molecule has 0 saturated heterocycles. The number of imidazole rings is 1. The molecule has 0 aliphatic heterocycles. The van der Waals surface area contributed by atoms with E-state index in [4.69, 9.17) is 11.6 Å². The summed E-state index contributed by atoms with van der Waals surface area (Å²) in [6.07, 6.45) is 5.61. The Morgan fingerprint density at radius 3 is 3.20 bits per heavy atom. The zero-order chi connectivity index (χ0) is 10.4. The van der Waals surface area contributed by atoms with E-state index in [0.717, 1.165) is 17.1 Å². The van der Waals surface area contributed by atoms with Gasteiger partial charge in [0, 0.05) is 17.8 Å². The third kappa shape index (κ3) is 1.36. The van der Waals surface area contributed by atoms with Gasteiger partial charge in [0.15, 0.2) is 0 Å². The first-order chi connectivity index (χ1) is 7.25. The van der Waals surface area contributed by atoms with Crippen molar-refractivity contribution in [2.45, 2.75) is 32.1 Å². The topological polar surface area (TPSA) is 17.3 Å². The second-order valence-corrected chi connectivity index (χ2v) is 4.75. The molecule has 2 aromatic heterocycles. The average Bonchev–Trinajstić information content (AvgIpc) is 2.58. The second kappa shape index (κ2) is 3.24. The summed E-state index contributed by atoms with van der Waals surface area (Å²) >= 11 is 6.01. The summed E-state index contributed by atoms with van der Waals surface area (Å²) in [7, 11) is 0. The molecule has 0 fully saturated rings. The monoisotopic (exact) mass is 220 g/mol. The number of pyridine rings is 1. The minimum absolute atomic E-state index is 0.590. The average molecular weight is 221 g/mol. The van der Waals surface area contributed by atoms with Crippen LogP contribution in [0, 0.1) is 0 Å². The first kappa shape index (κ1) is 9.22. The lowest BCUT2D eigenvalue weighted by molar-refractivity contribution is 0.570. The van der Waals surface area contributed by atoms with Crippen LogP contribution in [-0.2, 0) is 6.42 Å². The molecule has 0 amide bonds. The number of nitrogens with zero attached hydrogens (tertiary/aromatic N) is 2. The lowest BCUT2D eigenvalue weighted by Gasteiger charge is -2.17. The maximum absolute atomic E-state index is 6.01. The Labute approximate surface area is 93.9 Å². The number of rotatable bonds is 0. The van der Waals surface area contributed by atoms with Gasteiger partial charge in [-0.1, -0.05) is 18.5 Å². The summed E-state index contributed by atoms with van der Waals surface area (Å²) in [4.78, 5) is 4.68. The third-order valence-corrected chi connectivity index (χ3v) is 3.45. The fourth-order valence-corrected chi connectivity index (χ4v) is 2.60.